The molecule has 0 radical (unpaired) electrons. The Morgan fingerprint density at radius 1 is 0.917 bits per heavy atom. The van der Waals surface area contributed by atoms with Crippen LogP contribution in [-0.2, 0) is 0 Å². The maximum absolute atomic E-state index is 8.56. The van der Waals surface area contributed by atoms with Crippen LogP contribution in [0.5, 0.6) is 0 Å². The molecule has 0 aromatic heterocycles. The second kappa shape index (κ2) is 15.3. The van der Waals surface area contributed by atoms with E-state index in [0.29, 0.717) is 0 Å². The Morgan fingerprint density at radius 3 is 0.917 bits per heavy atom. The molecule has 0 saturated heterocycles. The van der Waals surface area contributed by atoms with Crippen molar-refractivity contribution in [2.75, 3.05) is 0 Å². The molecule has 0 spiro atoms. The summed E-state index contributed by atoms with van der Waals surface area (Å²) in [5.41, 5.74) is 0. The molecule has 0 unspecified atom stereocenters. The fourth-order valence-electron chi connectivity index (χ4n) is 0. The van der Waals surface area contributed by atoms with Gasteiger partial charge < -0.3 is 34.9 Å². The zero-order chi connectivity index (χ0) is 8.08. The molecule has 0 aromatic carbocycles. The molecule has 0 heterocycles. The number of carboxylic acid groups (broad SMARTS) is 2. The van der Waals surface area contributed by atoms with E-state index in [1.54, 1.807) is 0 Å². The summed E-state index contributed by atoms with van der Waals surface area (Å²) in [6, 6.07) is 0. The quantitative estimate of drug-likeness (QED) is 0.237. The van der Waals surface area contributed by atoms with E-state index in [1.165, 1.54) is 0 Å². The molecule has 0 aromatic rings. The normalized spacial score (nSPS) is 7.00. The van der Waals surface area contributed by atoms with Gasteiger partial charge in [0.2, 0.25) is 0 Å². The van der Waals surface area contributed by atoms with Crippen LogP contribution in [0.15, 0.2) is 0 Å². The fourth-order valence-corrected chi connectivity index (χ4v) is 0. The Hall–Kier alpha value is 1.81. The topological polar surface area (TPSA) is 170 Å². The first-order valence-electron chi connectivity index (χ1n) is 1.55. The van der Waals surface area contributed by atoms with E-state index in [4.69, 9.17) is 34.2 Å². The van der Waals surface area contributed by atoms with Gasteiger partial charge in [-0.05, 0) is 0 Å². The van der Waals surface area contributed by atoms with Crippen molar-refractivity contribution < 1.29 is 39.7 Å². The minimum absolute atomic E-state index is 0. The summed E-state index contributed by atoms with van der Waals surface area (Å²) in [4.78, 5) is 37.9. The van der Waals surface area contributed by atoms with Crippen LogP contribution in [0, 0.1) is 0 Å². The first-order valence-corrected chi connectivity index (χ1v) is 3.33. The Labute approximate surface area is 128 Å². The molecule has 8 nitrogen and oxygen atoms in total. The third-order valence-corrected chi connectivity index (χ3v) is 0. The summed E-state index contributed by atoms with van der Waals surface area (Å²) >= 11 is 0. The average molecular weight is 260 g/mol. The van der Waals surface area contributed by atoms with Crippen LogP contribution in [-0.4, -0.2) is 126 Å². The van der Waals surface area contributed by atoms with E-state index >= 15 is 0 Å². The Kier molecular flexibility index (Phi) is 37.2. The van der Waals surface area contributed by atoms with Crippen LogP contribution in [0.4, 0.5) is 4.79 Å². The second-order valence-corrected chi connectivity index (χ2v) is 2.08. The molecule has 0 aliphatic carbocycles. The van der Waals surface area contributed by atoms with Crippen molar-refractivity contribution in [3.63, 3.8) is 0 Å². The van der Waals surface area contributed by atoms with Crippen molar-refractivity contribution in [1.82, 2.24) is 0 Å². The molecule has 0 aliphatic heterocycles. The average Bonchev–Trinajstić information content (AvgIpc) is 1.19. The first-order chi connectivity index (χ1) is 3.73. The summed E-state index contributed by atoms with van der Waals surface area (Å²) in [5.74, 6) is 0. The van der Waals surface area contributed by atoms with E-state index in [2.05, 4.69) is 0 Å². The van der Waals surface area contributed by atoms with Crippen molar-refractivity contribution in [2.45, 2.75) is 0 Å². The van der Waals surface area contributed by atoms with Crippen LogP contribution < -0.4 is 0 Å². The number of hydrogen-bond acceptors (Lipinski definition) is 5. The van der Waals surface area contributed by atoms with Crippen LogP contribution >= 0.6 is 0 Å². The van der Waals surface area contributed by atoms with Gasteiger partial charge >= 0.3 is 90.7 Å². The molecule has 0 amide bonds. The third kappa shape index (κ3) is 423. The summed E-state index contributed by atoms with van der Waals surface area (Å²) in [6.07, 6.45) is -1.83. The third-order valence-electron chi connectivity index (χ3n) is 0. The molecule has 0 bridgehead atoms. The van der Waals surface area contributed by atoms with Crippen LogP contribution in [0.1, 0.15) is 0 Å². The van der Waals surface area contributed by atoms with Crippen molar-refractivity contribution in [3.05, 3.63) is 0 Å². The SMILES string of the molecule is O.O=C(O)O.O[Si](O)(O)O.[CaH2].[CaH2]. The van der Waals surface area contributed by atoms with Gasteiger partial charge in [-0.1, -0.05) is 0 Å². The van der Waals surface area contributed by atoms with Gasteiger partial charge in [0.1, 0.15) is 0 Å². The van der Waals surface area contributed by atoms with Crippen LogP contribution in [0.2, 0.25) is 0 Å². The Bertz CT molecular complexity index is 79.5. The molecule has 0 saturated carbocycles. The fraction of sp³-hybridized carbons (Fsp3) is 0. The van der Waals surface area contributed by atoms with Crippen molar-refractivity contribution in [2.24, 2.45) is 0 Å². The van der Waals surface area contributed by atoms with E-state index in [9.17, 15) is 0 Å². The van der Waals surface area contributed by atoms with Gasteiger partial charge in [0.25, 0.3) is 0 Å². The molecule has 8 N–H and O–H groups in total. The molecular weight excluding hydrogens is 248 g/mol. The zero-order valence-electron chi connectivity index (χ0n) is 4.59. The zero-order valence-corrected chi connectivity index (χ0v) is 5.59. The first kappa shape index (κ1) is 29.2. The van der Waals surface area contributed by atoms with Gasteiger partial charge in [0.15, 0.2) is 0 Å². The van der Waals surface area contributed by atoms with Gasteiger partial charge in [0.05, 0.1) is 0 Å². The Balaban J connectivity index is -0.0000000221. The summed E-state index contributed by atoms with van der Waals surface area (Å²) in [5, 5.41) is 13.9. The van der Waals surface area contributed by atoms with E-state index in [-0.39, 0.29) is 81.0 Å². The summed E-state index contributed by atoms with van der Waals surface area (Å²) in [6.45, 7) is 0. The predicted molar refractivity (Wildman–Crippen MR) is 46.0 cm³/mol. The second-order valence-electron chi connectivity index (χ2n) is 0.883. The maximum atomic E-state index is 8.56. The van der Waals surface area contributed by atoms with Gasteiger partial charge in [-0.25, -0.2) is 4.79 Å². The van der Waals surface area contributed by atoms with E-state index in [0.717, 1.165) is 0 Å². The van der Waals surface area contributed by atoms with Gasteiger partial charge in [-0.2, -0.15) is 0 Å². The molecule has 12 heavy (non-hydrogen) atoms. The molecule has 0 fully saturated rings. The van der Waals surface area contributed by atoms with E-state index in [1.807, 2.05) is 0 Å². The van der Waals surface area contributed by atoms with Crippen LogP contribution in [0.25, 0.3) is 0 Å². The number of carbonyl (C=O) groups is 1. The van der Waals surface area contributed by atoms with Crippen LogP contribution in [0.3, 0.4) is 0 Å². The minimum atomic E-state index is -4.61. The molecule has 0 rings (SSSR count). The van der Waals surface area contributed by atoms with Gasteiger partial charge in [-0.3, -0.25) is 0 Å². The number of rotatable bonds is 0. The van der Waals surface area contributed by atoms with Crippen molar-refractivity contribution in [3.8, 4) is 0 Å². The number of hydrogen-bond donors (Lipinski definition) is 6. The molecule has 0 aliphatic rings. The summed E-state index contributed by atoms with van der Waals surface area (Å²) < 4.78 is 0. The van der Waals surface area contributed by atoms with Gasteiger partial charge in [0, 0.05) is 0 Å². The Morgan fingerprint density at radius 2 is 0.917 bits per heavy atom. The summed E-state index contributed by atoms with van der Waals surface area (Å²) in [7, 11) is -4.61. The molecule has 72 valence electrons. The van der Waals surface area contributed by atoms with Crippen molar-refractivity contribution in [1.29, 1.82) is 0 Å². The molecule has 11 heteroatoms. The molecule has 0 atom stereocenters. The predicted octanol–water partition coefficient (Wildman–Crippen LogP) is -5.04. The molecular formula is CH12Ca2O8Si. The van der Waals surface area contributed by atoms with E-state index < -0.39 is 15.2 Å². The van der Waals surface area contributed by atoms with Crippen molar-refractivity contribution >= 4 is 90.7 Å². The standard InChI is InChI=1S/CH2O3.2Ca.H4O4Si.H2O.4H/c2-1(3)4;;;1-5(2,3)4;;;;;/h(H2,2,3,4);;;1-4H;1H2;;;;. The monoisotopic (exact) mass is 260 g/mol. The van der Waals surface area contributed by atoms with Gasteiger partial charge in [-0.15, -0.1) is 0 Å².